The van der Waals surface area contributed by atoms with E-state index in [2.05, 4.69) is 25.2 Å². The molecular weight excluding hydrogens is 467 g/mol. The van der Waals surface area contributed by atoms with Gasteiger partial charge in [0.25, 0.3) is 0 Å². The van der Waals surface area contributed by atoms with Crippen LogP contribution in [0.3, 0.4) is 0 Å². The van der Waals surface area contributed by atoms with Crippen molar-refractivity contribution in [2.75, 3.05) is 13.7 Å². The maximum Gasteiger partial charge on any atom is 0.186 e. The Bertz CT molecular complexity index is 734. The Kier molecular flexibility index (Phi) is 10.0. The summed E-state index contributed by atoms with van der Waals surface area (Å²) in [5.41, 5.74) is 2.52. The molecule has 0 aromatic heterocycles. The van der Waals surface area contributed by atoms with E-state index in [-0.39, 0.29) is 0 Å². The summed E-state index contributed by atoms with van der Waals surface area (Å²) in [6.45, 7) is 5.35. The third-order valence-electron chi connectivity index (χ3n) is 9.63. The molecule has 0 bridgehead atoms. The molecule has 0 aliphatic heterocycles. The van der Waals surface area contributed by atoms with Gasteiger partial charge in [0.2, 0.25) is 0 Å². The highest BCUT2D eigenvalue weighted by Gasteiger charge is 2.60. The normalized spacial score (nSPS) is 21.8. The van der Waals surface area contributed by atoms with Gasteiger partial charge in [0.1, 0.15) is 11.1 Å². The van der Waals surface area contributed by atoms with Crippen molar-refractivity contribution in [3.63, 3.8) is 0 Å². The van der Waals surface area contributed by atoms with Crippen molar-refractivity contribution in [2.45, 2.75) is 139 Å². The highest BCUT2D eigenvalue weighted by molar-refractivity contribution is 7.85. The zero-order valence-corrected chi connectivity index (χ0v) is 24.8. The number of benzene rings is 1. The average Bonchev–Trinajstić information content (AvgIpc) is 2.90. The largest absolute Gasteiger partial charge is 0.508 e. The van der Waals surface area contributed by atoms with E-state index >= 15 is 0 Å². The van der Waals surface area contributed by atoms with Gasteiger partial charge in [-0.3, -0.25) is 0 Å². The summed E-state index contributed by atoms with van der Waals surface area (Å²) in [6.07, 6.45) is 22.1. The molecule has 3 nitrogen and oxygen atoms in total. The monoisotopic (exact) mass is 519 g/mol. The van der Waals surface area contributed by atoms with Crippen molar-refractivity contribution in [1.82, 2.24) is 0 Å². The van der Waals surface area contributed by atoms with Crippen molar-refractivity contribution in [1.29, 1.82) is 0 Å². The fraction of sp³-hybridized carbons (Fsp3) is 0.800. The molecule has 1 N–H and O–H groups in total. The minimum atomic E-state index is -1.57. The Morgan fingerprint density at radius 3 is 1.74 bits per heavy atom. The van der Waals surface area contributed by atoms with Gasteiger partial charge in [0.05, 0.1) is 30.8 Å². The molecule has 0 radical (unpaired) electrons. The molecule has 3 aliphatic carbocycles. The van der Waals surface area contributed by atoms with Gasteiger partial charge in [-0.25, -0.2) is 0 Å². The lowest BCUT2D eigenvalue weighted by Crippen LogP contribution is -2.42. The van der Waals surface area contributed by atoms with Crippen LogP contribution in [0.2, 0.25) is 19.1 Å². The highest BCUT2D eigenvalue weighted by atomic mass is 31.2. The van der Waals surface area contributed by atoms with E-state index < -0.39 is 15.6 Å². The molecular formula is C30H52O3PSi+. The summed E-state index contributed by atoms with van der Waals surface area (Å²) < 4.78 is 12.5. The second-order valence-electron chi connectivity index (χ2n) is 12.3. The van der Waals surface area contributed by atoms with E-state index in [1.54, 1.807) is 0 Å². The molecule has 5 heteroatoms. The van der Waals surface area contributed by atoms with Crippen LogP contribution in [0.25, 0.3) is 0 Å². The number of hydrogen-bond donors (Lipinski definition) is 1. The fourth-order valence-electron chi connectivity index (χ4n) is 7.72. The second kappa shape index (κ2) is 12.8. The van der Waals surface area contributed by atoms with Crippen molar-refractivity contribution in [2.24, 2.45) is 0 Å². The first-order valence-electron chi connectivity index (χ1n) is 14.9. The molecule has 0 atom stereocenters. The van der Waals surface area contributed by atoms with E-state index in [4.69, 9.17) is 9.16 Å². The van der Waals surface area contributed by atoms with Gasteiger partial charge >= 0.3 is 0 Å². The SMILES string of the molecule is CO[Si](C)(C)CCCOc1ccc(O)cc1[P+](C1CCCCC1)(C1CCCCC1)C1CCCCC1. The molecule has 0 amide bonds. The predicted octanol–water partition coefficient (Wildman–Crippen LogP) is 8.65. The van der Waals surface area contributed by atoms with Crippen LogP contribution in [0.4, 0.5) is 0 Å². The van der Waals surface area contributed by atoms with Crippen LogP contribution >= 0.6 is 7.26 Å². The lowest BCUT2D eigenvalue weighted by atomic mass is 9.99. The molecule has 0 unspecified atom stereocenters. The van der Waals surface area contributed by atoms with Crippen LogP contribution in [0.5, 0.6) is 11.5 Å². The van der Waals surface area contributed by atoms with Crippen LogP contribution in [-0.4, -0.2) is 44.1 Å². The van der Waals surface area contributed by atoms with E-state index in [1.807, 2.05) is 13.2 Å². The Morgan fingerprint density at radius 1 is 0.800 bits per heavy atom. The van der Waals surface area contributed by atoms with Crippen molar-refractivity contribution >= 4 is 20.9 Å². The van der Waals surface area contributed by atoms with Crippen molar-refractivity contribution < 1.29 is 14.3 Å². The standard InChI is InChI=1S/C30H51O3PSi/c1-32-35(2,3)23-13-22-33-29-21-20-25(31)24-30(29)34(26-14-7-4-8-15-26,27-16-9-5-10-17-27)28-18-11-6-12-19-28/h20-21,24,26-28H,4-19,22-23H2,1-3H3/p+1. The van der Waals surface area contributed by atoms with E-state index in [9.17, 15) is 5.11 Å². The van der Waals surface area contributed by atoms with Crippen LogP contribution in [-0.2, 0) is 4.43 Å². The number of phenols is 1. The lowest BCUT2D eigenvalue weighted by Gasteiger charge is -2.49. The minimum absolute atomic E-state index is 0.451. The summed E-state index contributed by atoms with van der Waals surface area (Å²) in [4.78, 5) is 0. The molecule has 1 aromatic carbocycles. The molecule has 0 saturated heterocycles. The topological polar surface area (TPSA) is 38.7 Å². The van der Waals surface area contributed by atoms with Crippen molar-refractivity contribution in [3.05, 3.63) is 18.2 Å². The summed E-state index contributed by atoms with van der Waals surface area (Å²) >= 11 is 0. The molecule has 0 heterocycles. The summed E-state index contributed by atoms with van der Waals surface area (Å²) in [5, 5.41) is 12.3. The maximum absolute atomic E-state index is 10.9. The number of ether oxygens (including phenoxy) is 1. The molecule has 1 aromatic rings. The Balaban J connectivity index is 1.73. The lowest BCUT2D eigenvalue weighted by molar-refractivity contribution is 0.313. The summed E-state index contributed by atoms with van der Waals surface area (Å²) in [5.74, 6) is 1.57. The number of aromatic hydroxyl groups is 1. The van der Waals surface area contributed by atoms with Crippen molar-refractivity contribution in [3.8, 4) is 11.5 Å². The van der Waals surface area contributed by atoms with Gasteiger partial charge in [0.15, 0.2) is 14.1 Å². The van der Waals surface area contributed by atoms with Gasteiger partial charge < -0.3 is 14.3 Å². The van der Waals surface area contributed by atoms with Gasteiger partial charge in [0, 0.05) is 13.2 Å². The van der Waals surface area contributed by atoms with Crippen LogP contribution < -0.4 is 10.0 Å². The fourth-order valence-corrected chi connectivity index (χ4v) is 16.4. The Labute approximate surface area is 217 Å². The minimum Gasteiger partial charge on any atom is -0.508 e. The predicted molar refractivity (Wildman–Crippen MR) is 155 cm³/mol. The smallest absolute Gasteiger partial charge is 0.186 e. The first-order chi connectivity index (χ1) is 17.0. The Hall–Kier alpha value is -0.573. The summed E-state index contributed by atoms with van der Waals surface area (Å²) in [6, 6.07) is 7.34. The Morgan fingerprint density at radius 2 is 1.29 bits per heavy atom. The molecule has 0 spiro atoms. The molecule has 3 fully saturated rings. The average molecular weight is 520 g/mol. The van der Waals surface area contributed by atoms with Gasteiger partial charge in [-0.15, -0.1) is 0 Å². The maximum atomic E-state index is 10.9. The quantitative estimate of drug-likeness (QED) is 0.191. The van der Waals surface area contributed by atoms with E-state index in [1.165, 1.54) is 102 Å². The third kappa shape index (κ3) is 6.47. The van der Waals surface area contributed by atoms with Crippen LogP contribution in [0.1, 0.15) is 103 Å². The van der Waals surface area contributed by atoms with Gasteiger partial charge in [-0.1, -0.05) is 19.3 Å². The zero-order chi connectivity index (χ0) is 24.7. The number of hydrogen-bond acceptors (Lipinski definition) is 3. The van der Waals surface area contributed by atoms with E-state index in [0.29, 0.717) is 5.75 Å². The van der Waals surface area contributed by atoms with E-state index in [0.717, 1.165) is 41.8 Å². The highest BCUT2D eigenvalue weighted by Crippen LogP contribution is 2.77. The first kappa shape index (κ1) is 27.5. The first-order valence-corrected chi connectivity index (χ1v) is 20.0. The number of phenolic OH excluding ortho intramolecular Hbond substituents is 1. The zero-order valence-electron chi connectivity index (χ0n) is 22.9. The van der Waals surface area contributed by atoms with Crippen LogP contribution in [0.15, 0.2) is 18.2 Å². The van der Waals surface area contributed by atoms with Gasteiger partial charge in [-0.2, -0.15) is 0 Å². The summed E-state index contributed by atoms with van der Waals surface area (Å²) in [7, 11) is -1.23. The molecule has 3 saturated carbocycles. The second-order valence-corrected chi connectivity index (χ2v) is 21.0. The number of rotatable bonds is 10. The third-order valence-corrected chi connectivity index (χ3v) is 18.7. The molecule has 3 aliphatic rings. The molecule has 4 rings (SSSR count). The van der Waals surface area contributed by atoms with Crippen LogP contribution in [0, 0.1) is 0 Å². The molecule has 198 valence electrons. The molecule has 35 heavy (non-hydrogen) atoms. The van der Waals surface area contributed by atoms with Gasteiger partial charge in [-0.05, 0) is 115 Å².